The number of alkyl halides is 1. The molecule has 64 valence electrons. The minimum atomic E-state index is 0.996. The SMILES string of the molecule is CCC1C(C)C2C(I)C(C)C12. The number of rotatable bonds is 1. The Bertz CT molecular complexity index is 160. The summed E-state index contributed by atoms with van der Waals surface area (Å²) in [5, 5.41) is 0. The lowest BCUT2D eigenvalue weighted by Crippen LogP contribution is -2.63. The highest BCUT2D eigenvalue weighted by Crippen LogP contribution is 2.64. The number of fused-ring (bicyclic) bond motifs is 1. The summed E-state index contributed by atoms with van der Waals surface area (Å²) in [5.41, 5.74) is 0. The first-order valence-corrected chi connectivity index (χ1v) is 6.07. The minimum Gasteiger partial charge on any atom is -0.0820 e. The molecular weight excluding hydrogens is 247 g/mol. The van der Waals surface area contributed by atoms with Crippen molar-refractivity contribution in [3.05, 3.63) is 0 Å². The fraction of sp³-hybridized carbons (Fsp3) is 1.00. The Labute approximate surface area is 83.3 Å². The first-order chi connectivity index (χ1) is 5.18. The monoisotopic (exact) mass is 264 g/mol. The third-order valence-electron chi connectivity index (χ3n) is 4.17. The van der Waals surface area contributed by atoms with Crippen molar-refractivity contribution >= 4 is 22.6 Å². The van der Waals surface area contributed by atoms with Gasteiger partial charge in [-0.1, -0.05) is 49.8 Å². The van der Waals surface area contributed by atoms with Crippen molar-refractivity contribution in [2.45, 2.75) is 31.1 Å². The van der Waals surface area contributed by atoms with Crippen LogP contribution in [0.2, 0.25) is 0 Å². The molecule has 0 aromatic carbocycles. The summed E-state index contributed by atoms with van der Waals surface area (Å²) in [5.74, 6) is 5.32. The van der Waals surface area contributed by atoms with E-state index >= 15 is 0 Å². The number of halogens is 1. The Hall–Kier alpha value is 0.730. The van der Waals surface area contributed by atoms with E-state index in [0.29, 0.717) is 0 Å². The highest BCUT2D eigenvalue weighted by atomic mass is 127. The molecule has 11 heavy (non-hydrogen) atoms. The van der Waals surface area contributed by atoms with Crippen LogP contribution in [0.15, 0.2) is 0 Å². The van der Waals surface area contributed by atoms with Gasteiger partial charge < -0.3 is 0 Å². The highest BCUT2D eigenvalue weighted by Gasteiger charge is 2.60. The van der Waals surface area contributed by atoms with Gasteiger partial charge in [-0.2, -0.15) is 0 Å². The summed E-state index contributed by atoms with van der Waals surface area (Å²) < 4.78 is 0.996. The van der Waals surface area contributed by atoms with Crippen LogP contribution in [0.1, 0.15) is 27.2 Å². The third-order valence-corrected chi connectivity index (χ3v) is 6.13. The van der Waals surface area contributed by atoms with Gasteiger partial charge in [0.25, 0.3) is 0 Å². The van der Waals surface area contributed by atoms with Crippen molar-refractivity contribution in [1.29, 1.82) is 0 Å². The van der Waals surface area contributed by atoms with Crippen LogP contribution in [0.25, 0.3) is 0 Å². The van der Waals surface area contributed by atoms with Crippen LogP contribution in [-0.4, -0.2) is 3.92 Å². The zero-order valence-electron chi connectivity index (χ0n) is 7.55. The van der Waals surface area contributed by atoms with Crippen molar-refractivity contribution < 1.29 is 0 Å². The molecule has 1 heteroatoms. The van der Waals surface area contributed by atoms with Gasteiger partial charge in [0.2, 0.25) is 0 Å². The molecule has 2 saturated carbocycles. The highest BCUT2D eigenvalue weighted by molar-refractivity contribution is 14.1. The topological polar surface area (TPSA) is 0 Å². The molecule has 2 aliphatic carbocycles. The maximum Gasteiger partial charge on any atom is 0.0172 e. The molecule has 0 spiro atoms. The van der Waals surface area contributed by atoms with Gasteiger partial charge in [-0.05, 0) is 29.6 Å². The summed E-state index contributed by atoms with van der Waals surface area (Å²) in [6, 6.07) is 0. The quantitative estimate of drug-likeness (QED) is 0.503. The minimum absolute atomic E-state index is 0.996. The van der Waals surface area contributed by atoms with Gasteiger partial charge in [-0.25, -0.2) is 0 Å². The van der Waals surface area contributed by atoms with Gasteiger partial charge in [0.15, 0.2) is 0 Å². The second kappa shape index (κ2) is 2.61. The molecule has 0 N–H and O–H groups in total. The lowest BCUT2D eigenvalue weighted by atomic mass is 9.43. The van der Waals surface area contributed by atoms with Crippen molar-refractivity contribution in [3.8, 4) is 0 Å². The molecule has 2 rings (SSSR count). The van der Waals surface area contributed by atoms with Gasteiger partial charge in [0, 0.05) is 3.92 Å². The van der Waals surface area contributed by atoms with E-state index in [0.717, 1.165) is 33.5 Å². The first kappa shape index (κ1) is 8.33. The van der Waals surface area contributed by atoms with Crippen LogP contribution in [0.5, 0.6) is 0 Å². The van der Waals surface area contributed by atoms with Gasteiger partial charge in [-0.15, -0.1) is 0 Å². The van der Waals surface area contributed by atoms with Gasteiger partial charge in [0.05, 0.1) is 0 Å². The number of hydrogen-bond donors (Lipinski definition) is 0. The van der Waals surface area contributed by atoms with Crippen LogP contribution < -0.4 is 0 Å². The van der Waals surface area contributed by atoms with E-state index in [4.69, 9.17) is 0 Å². The van der Waals surface area contributed by atoms with E-state index < -0.39 is 0 Å². The molecule has 6 atom stereocenters. The van der Waals surface area contributed by atoms with Gasteiger partial charge in [0.1, 0.15) is 0 Å². The average molecular weight is 264 g/mol. The Morgan fingerprint density at radius 2 is 1.73 bits per heavy atom. The maximum atomic E-state index is 2.65. The molecule has 0 nitrogen and oxygen atoms in total. The van der Waals surface area contributed by atoms with E-state index in [9.17, 15) is 0 Å². The predicted molar refractivity (Wildman–Crippen MR) is 56.9 cm³/mol. The Balaban J connectivity index is 2.03. The second-order valence-electron chi connectivity index (χ2n) is 4.39. The molecule has 0 bridgehead atoms. The van der Waals surface area contributed by atoms with Gasteiger partial charge >= 0.3 is 0 Å². The van der Waals surface area contributed by atoms with Crippen LogP contribution in [0.3, 0.4) is 0 Å². The van der Waals surface area contributed by atoms with E-state index in [-0.39, 0.29) is 0 Å². The fourth-order valence-electron chi connectivity index (χ4n) is 3.43. The molecule has 0 heterocycles. The molecule has 2 aliphatic rings. The standard InChI is InChI=1S/C10H17I/c1-4-7-5(2)9-8(7)6(3)10(9)11/h5-10H,4H2,1-3H3. The molecule has 2 fully saturated rings. The Morgan fingerprint density at radius 1 is 1.09 bits per heavy atom. The summed E-state index contributed by atoms with van der Waals surface area (Å²) in [7, 11) is 0. The van der Waals surface area contributed by atoms with Crippen LogP contribution in [0.4, 0.5) is 0 Å². The van der Waals surface area contributed by atoms with Crippen molar-refractivity contribution in [3.63, 3.8) is 0 Å². The van der Waals surface area contributed by atoms with Crippen LogP contribution >= 0.6 is 22.6 Å². The summed E-state index contributed by atoms with van der Waals surface area (Å²) in [6.07, 6.45) is 1.41. The second-order valence-corrected chi connectivity index (χ2v) is 5.83. The molecule has 0 radical (unpaired) electrons. The lowest BCUT2D eigenvalue weighted by molar-refractivity contribution is -0.125. The molecule has 0 saturated heterocycles. The van der Waals surface area contributed by atoms with E-state index in [1.54, 1.807) is 0 Å². The third kappa shape index (κ3) is 0.866. The van der Waals surface area contributed by atoms with Gasteiger partial charge in [-0.3, -0.25) is 0 Å². The lowest BCUT2D eigenvalue weighted by Gasteiger charge is -2.65. The smallest absolute Gasteiger partial charge is 0.0172 e. The Kier molecular flexibility index (Phi) is 1.98. The molecule has 6 unspecified atom stereocenters. The fourth-order valence-corrected chi connectivity index (χ4v) is 5.04. The Morgan fingerprint density at radius 3 is 2.27 bits per heavy atom. The molecule has 0 aromatic rings. The zero-order valence-corrected chi connectivity index (χ0v) is 9.71. The maximum absolute atomic E-state index is 2.65. The zero-order chi connectivity index (χ0) is 8.17. The van der Waals surface area contributed by atoms with Crippen LogP contribution in [-0.2, 0) is 0 Å². The van der Waals surface area contributed by atoms with E-state index in [1.807, 2.05) is 0 Å². The van der Waals surface area contributed by atoms with Crippen molar-refractivity contribution in [1.82, 2.24) is 0 Å². The molecular formula is C10H17I. The molecule has 0 amide bonds. The van der Waals surface area contributed by atoms with Crippen molar-refractivity contribution in [2.24, 2.45) is 29.6 Å². The van der Waals surface area contributed by atoms with Crippen LogP contribution in [0, 0.1) is 29.6 Å². The summed E-state index contributed by atoms with van der Waals surface area (Å²) >= 11 is 2.65. The van der Waals surface area contributed by atoms with E-state index in [1.165, 1.54) is 6.42 Å². The van der Waals surface area contributed by atoms with E-state index in [2.05, 4.69) is 43.4 Å². The largest absolute Gasteiger partial charge is 0.0820 e. The summed E-state index contributed by atoms with van der Waals surface area (Å²) in [4.78, 5) is 0. The average Bonchev–Trinajstić information content (AvgIpc) is 2.00. The predicted octanol–water partition coefficient (Wildman–Crippen LogP) is 3.35. The molecule has 0 aromatic heterocycles. The summed E-state index contributed by atoms with van der Waals surface area (Å²) in [6.45, 7) is 7.24. The molecule has 0 aliphatic heterocycles. The number of hydrogen-bond acceptors (Lipinski definition) is 0. The normalized spacial score (nSPS) is 61.1. The van der Waals surface area contributed by atoms with Crippen molar-refractivity contribution in [2.75, 3.05) is 0 Å². The first-order valence-electron chi connectivity index (χ1n) is 4.82.